The number of methoxy groups -OCH3 is 1. The molecule has 4 nitrogen and oxygen atoms in total. The molecule has 0 spiro atoms. The molecule has 1 aliphatic rings. The average Bonchev–Trinajstić information content (AvgIpc) is 2.94. The lowest BCUT2D eigenvalue weighted by atomic mass is 10.0. The molecule has 0 amide bonds. The number of hydrogen-bond donors (Lipinski definition) is 0. The lowest BCUT2D eigenvalue weighted by Gasteiger charge is -2.06. The topological polar surface area (TPSA) is 52.6 Å². The molecule has 0 bridgehead atoms. The predicted octanol–water partition coefficient (Wildman–Crippen LogP) is 4.61. The van der Waals surface area contributed by atoms with E-state index in [-0.39, 0.29) is 5.97 Å². The highest BCUT2D eigenvalue weighted by Gasteiger charge is 2.19. The highest BCUT2D eigenvalue weighted by atomic mass is 16.5. The number of benzene rings is 1. The van der Waals surface area contributed by atoms with Crippen molar-refractivity contribution in [3.05, 3.63) is 41.5 Å². The van der Waals surface area contributed by atoms with Crippen LogP contribution in [-0.2, 0) is 20.9 Å². The second-order valence-corrected chi connectivity index (χ2v) is 6.72. The Kier molecular flexibility index (Phi) is 7.71. The van der Waals surface area contributed by atoms with E-state index in [1.54, 1.807) is 7.11 Å². The molecule has 1 atom stereocenters. The molecule has 1 aromatic rings. The zero-order valence-corrected chi connectivity index (χ0v) is 15.3. The third-order valence-corrected chi connectivity index (χ3v) is 4.49. The quantitative estimate of drug-likeness (QED) is 0.459. The Morgan fingerprint density at radius 3 is 2.48 bits per heavy atom. The van der Waals surface area contributed by atoms with Crippen LogP contribution in [0.25, 0.3) is 0 Å². The van der Waals surface area contributed by atoms with Gasteiger partial charge in [0.2, 0.25) is 0 Å². The van der Waals surface area contributed by atoms with Gasteiger partial charge >= 0.3 is 5.97 Å². The smallest absolute Gasteiger partial charge is 0.306 e. The fourth-order valence-corrected chi connectivity index (χ4v) is 3.04. The molecule has 0 aliphatic heterocycles. The van der Waals surface area contributed by atoms with E-state index in [4.69, 9.17) is 9.47 Å². The van der Waals surface area contributed by atoms with E-state index in [2.05, 4.69) is 13.0 Å². The highest BCUT2D eigenvalue weighted by Crippen LogP contribution is 2.24. The summed E-state index contributed by atoms with van der Waals surface area (Å²) in [6.45, 7) is 2.39. The molecule has 0 fully saturated rings. The van der Waals surface area contributed by atoms with Gasteiger partial charge in [-0.3, -0.25) is 9.59 Å². The van der Waals surface area contributed by atoms with Gasteiger partial charge in [-0.25, -0.2) is 0 Å². The van der Waals surface area contributed by atoms with Gasteiger partial charge in [0.1, 0.15) is 12.4 Å². The van der Waals surface area contributed by atoms with Crippen molar-refractivity contribution < 1.29 is 19.1 Å². The van der Waals surface area contributed by atoms with E-state index in [1.807, 2.05) is 24.3 Å². The van der Waals surface area contributed by atoms with Gasteiger partial charge in [-0.05, 0) is 48.4 Å². The van der Waals surface area contributed by atoms with Gasteiger partial charge in [-0.15, -0.1) is 0 Å². The second-order valence-electron chi connectivity index (χ2n) is 6.72. The highest BCUT2D eigenvalue weighted by molar-refractivity contribution is 5.97. The Balaban J connectivity index is 1.52. The molecular weight excluding hydrogens is 316 g/mol. The summed E-state index contributed by atoms with van der Waals surface area (Å²) in [5, 5.41) is 0. The number of Topliss-reactive ketones (excluding diaryl/α,β-unsaturated/α-hetero) is 1. The molecule has 0 aromatic heterocycles. The van der Waals surface area contributed by atoms with Gasteiger partial charge < -0.3 is 9.47 Å². The largest absolute Gasteiger partial charge is 0.497 e. The molecular formula is C21H28O4. The standard InChI is InChI=1S/C21H28O4/c1-16-13-18(20(22)14-16)7-5-3-4-6-8-21(23)25-15-17-9-11-19(24-2)12-10-17/h9-13,16H,3-8,14-15H2,1-2H3/t16-/m0/s1. The SMILES string of the molecule is COc1ccc(COC(=O)CCCCCCC2=C[C@H](C)CC2=O)cc1. The Morgan fingerprint density at radius 1 is 1.12 bits per heavy atom. The van der Waals surface area contributed by atoms with Crippen LogP contribution in [0.4, 0.5) is 0 Å². The summed E-state index contributed by atoms with van der Waals surface area (Å²) >= 11 is 0. The maximum atomic E-state index is 11.8. The lowest BCUT2D eigenvalue weighted by Crippen LogP contribution is -2.04. The first-order chi connectivity index (χ1) is 12.1. The zero-order valence-electron chi connectivity index (χ0n) is 15.3. The van der Waals surface area contributed by atoms with Gasteiger partial charge in [0.25, 0.3) is 0 Å². The van der Waals surface area contributed by atoms with Crippen molar-refractivity contribution in [2.24, 2.45) is 5.92 Å². The van der Waals surface area contributed by atoms with Crippen LogP contribution >= 0.6 is 0 Å². The van der Waals surface area contributed by atoms with E-state index >= 15 is 0 Å². The lowest BCUT2D eigenvalue weighted by molar-refractivity contribution is -0.145. The molecule has 0 radical (unpaired) electrons. The molecule has 136 valence electrons. The van der Waals surface area contributed by atoms with Crippen molar-refractivity contribution in [3.63, 3.8) is 0 Å². The summed E-state index contributed by atoms with van der Waals surface area (Å²) in [7, 11) is 1.62. The van der Waals surface area contributed by atoms with Crippen molar-refractivity contribution >= 4 is 11.8 Å². The maximum Gasteiger partial charge on any atom is 0.306 e. The molecule has 25 heavy (non-hydrogen) atoms. The third-order valence-electron chi connectivity index (χ3n) is 4.49. The zero-order chi connectivity index (χ0) is 18.1. The number of unbranched alkanes of at least 4 members (excludes halogenated alkanes) is 3. The van der Waals surface area contributed by atoms with Gasteiger partial charge in [0.05, 0.1) is 7.11 Å². The van der Waals surface area contributed by atoms with Gasteiger partial charge in [-0.2, -0.15) is 0 Å². The normalized spacial score (nSPS) is 16.6. The minimum atomic E-state index is -0.154. The fraction of sp³-hybridized carbons (Fsp3) is 0.524. The van der Waals surface area contributed by atoms with Crippen LogP contribution in [0, 0.1) is 5.92 Å². The van der Waals surface area contributed by atoms with Crippen molar-refractivity contribution in [1.29, 1.82) is 0 Å². The van der Waals surface area contributed by atoms with Crippen LogP contribution in [0.5, 0.6) is 5.75 Å². The summed E-state index contributed by atoms with van der Waals surface area (Å²) < 4.78 is 10.4. The maximum absolute atomic E-state index is 11.8. The van der Waals surface area contributed by atoms with Crippen LogP contribution in [-0.4, -0.2) is 18.9 Å². The number of carbonyl (C=O) groups excluding carboxylic acids is 2. The summed E-state index contributed by atoms with van der Waals surface area (Å²) in [4.78, 5) is 23.4. The first-order valence-corrected chi connectivity index (χ1v) is 9.11. The van der Waals surface area contributed by atoms with E-state index in [1.165, 1.54) is 0 Å². The number of allylic oxidation sites excluding steroid dienone is 2. The van der Waals surface area contributed by atoms with E-state index in [9.17, 15) is 9.59 Å². The van der Waals surface area contributed by atoms with Gasteiger partial charge in [0, 0.05) is 12.8 Å². The van der Waals surface area contributed by atoms with Crippen molar-refractivity contribution in [3.8, 4) is 5.75 Å². The molecule has 0 saturated carbocycles. The van der Waals surface area contributed by atoms with Crippen LogP contribution in [0.2, 0.25) is 0 Å². The molecule has 4 heteroatoms. The summed E-state index contributed by atoms with van der Waals surface area (Å²) in [5.41, 5.74) is 1.96. The number of ether oxygens (including phenoxy) is 2. The van der Waals surface area contributed by atoms with E-state index in [0.717, 1.165) is 49.0 Å². The molecule has 2 rings (SSSR count). The van der Waals surface area contributed by atoms with Crippen molar-refractivity contribution in [2.45, 2.75) is 58.5 Å². The Bertz CT molecular complexity index is 601. The first kappa shape index (κ1) is 19.2. The van der Waals surface area contributed by atoms with Crippen molar-refractivity contribution in [2.75, 3.05) is 7.11 Å². The number of ketones is 1. The Labute approximate surface area is 150 Å². The fourth-order valence-electron chi connectivity index (χ4n) is 3.04. The van der Waals surface area contributed by atoms with Gasteiger partial charge in [-0.1, -0.05) is 38.0 Å². The van der Waals surface area contributed by atoms with Crippen LogP contribution in [0.15, 0.2) is 35.9 Å². The first-order valence-electron chi connectivity index (χ1n) is 9.11. The predicted molar refractivity (Wildman–Crippen MR) is 97.4 cm³/mol. The summed E-state index contributed by atoms with van der Waals surface area (Å²) in [6, 6.07) is 7.50. The Hall–Kier alpha value is -2.10. The van der Waals surface area contributed by atoms with Crippen LogP contribution in [0.1, 0.15) is 57.4 Å². The molecule has 0 heterocycles. The van der Waals surface area contributed by atoms with Crippen molar-refractivity contribution in [1.82, 2.24) is 0 Å². The third kappa shape index (κ3) is 6.73. The van der Waals surface area contributed by atoms with Crippen LogP contribution < -0.4 is 4.74 Å². The van der Waals surface area contributed by atoms with Crippen LogP contribution in [0.3, 0.4) is 0 Å². The molecule has 0 saturated heterocycles. The molecule has 1 aliphatic carbocycles. The number of rotatable bonds is 10. The molecule has 0 unspecified atom stereocenters. The number of esters is 1. The van der Waals surface area contributed by atoms with E-state index in [0.29, 0.717) is 31.1 Å². The number of hydrogen-bond acceptors (Lipinski definition) is 4. The molecule has 1 aromatic carbocycles. The summed E-state index contributed by atoms with van der Waals surface area (Å²) in [6.07, 6.45) is 8.02. The minimum Gasteiger partial charge on any atom is -0.497 e. The Morgan fingerprint density at radius 2 is 1.84 bits per heavy atom. The minimum absolute atomic E-state index is 0.154. The summed E-state index contributed by atoms with van der Waals surface area (Å²) in [5.74, 6) is 1.36. The number of carbonyl (C=O) groups is 2. The molecule has 0 N–H and O–H groups in total. The monoisotopic (exact) mass is 344 g/mol. The second kappa shape index (κ2) is 10.0. The van der Waals surface area contributed by atoms with Gasteiger partial charge in [0.15, 0.2) is 5.78 Å². The average molecular weight is 344 g/mol. The van der Waals surface area contributed by atoms with E-state index < -0.39 is 0 Å².